The Morgan fingerprint density at radius 2 is 2.46 bits per heavy atom. The Bertz CT molecular complexity index is 286. The van der Waals surface area contributed by atoms with Gasteiger partial charge in [-0.05, 0) is 13.0 Å². The molecule has 0 radical (unpaired) electrons. The molecular weight excluding hydrogens is 188 g/mol. The summed E-state index contributed by atoms with van der Waals surface area (Å²) in [5.41, 5.74) is 6.08. The molecule has 2 N–H and O–H groups in total. The van der Waals surface area contributed by atoms with E-state index >= 15 is 0 Å². The molecule has 0 spiro atoms. The Kier molecular flexibility index (Phi) is 4.04. The average molecular weight is 202 g/mol. The number of hydrogen-bond donors (Lipinski definition) is 1. The first kappa shape index (κ1) is 10.3. The van der Waals surface area contributed by atoms with Gasteiger partial charge in [0.15, 0.2) is 0 Å². The molecule has 0 fully saturated rings. The quantitative estimate of drug-likeness (QED) is 0.692. The zero-order valence-electron chi connectivity index (χ0n) is 7.64. The Morgan fingerprint density at radius 3 is 3.00 bits per heavy atom. The van der Waals surface area contributed by atoms with Crippen molar-refractivity contribution in [2.24, 2.45) is 12.8 Å². The van der Waals surface area contributed by atoms with Gasteiger partial charge in [0.25, 0.3) is 0 Å². The SMILES string of the molecule is Cn1cc(CS(=O)CCCN)nn1. The number of rotatable bonds is 5. The molecule has 0 amide bonds. The van der Waals surface area contributed by atoms with Gasteiger partial charge in [-0.25, -0.2) is 0 Å². The van der Waals surface area contributed by atoms with Crippen molar-refractivity contribution in [2.45, 2.75) is 12.2 Å². The molecule has 0 saturated carbocycles. The maximum absolute atomic E-state index is 11.4. The first-order valence-electron chi connectivity index (χ1n) is 4.12. The van der Waals surface area contributed by atoms with Gasteiger partial charge < -0.3 is 5.73 Å². The molecule has 0 bridgehead atoms. The van der Waals surface area contributed by atoms with Crippen LogP contribution in [0.4, 0.5) is 0 Å². The van der Waals surface area contributed by atoms with Gasteiger partial charge >= 0.3 is 0 Å². The standard InChI is InChI=1S/C7H14N4OS/c1-11-5-7(9-10-11)6-13(12)4-2-3-8/h5H,2-4,6,8H2,1H3. The summed E-state index contributed by atoms with van der Waals surface area (Å²) in [6.07, 6.45) is 2.58. The van der Waals surface area contributed by atoms with Crippen LogP contribution in [-0.4, -0.2) is 31.5 Å². The summed E-state index contributed by atoms with van der Waals surface area (Å²) in [7, 11) is 0.938. The van der Waals surface area contributed by atoms with E-state index < -0.39 is 10.8 Å². The molecule has 0 aliphatic rings. The predicted octanol–water partition coefficient (Wildman–Crippen LogP) is -0.587. The van der Waals surface area contributed by atoms with Crippen LogP contribution in [-0.2, 0) is 23.6 Å². The third-order valence-electron chi connectivity index (χ3n) is 1.54. The second-order valence-electron chi connectivity index (χ2n) is 2.81. The molecule has 74 valence electrons. The molecule has 1 heterocycles. The van der Waals surface area contributed by atoms with Crippen molar-refractivity contribution in [2.75, 3.05) is 12.3 Å². The fourth-order valence-electron chi connectivity index (χ4n) is 0.943. The van der Waals surface area contributed by atoms with Crippen LogP contribution in [0, 0.1) is 0 Å². The summed E-state index contributed by atoms with van der Waals surface area (Å²) in [5.74, 6) is 1.13. The van der Waals surface area contributed by atoms with Crippen LogP contribution >= 0.6 is 0 Å². The van der Waals surface area contributed by atoms with E-state index in [0.717, 1.165) is 12.1 Å². The average Bonchev–Trinajstić information content (AvgIpc) is 2.48. The maximum Gasteiger partial charge on any atom is 0.0951 e. The highest BCUT2D eigenvalue weighted by Crippen LogP contribution is 1.98. The zero-order chi connectivity index (χ0) is 9.68. The monoisotopic (exact) mass is 202 g/mol. The lowest BCUT2D eigenvalue weighted by atomic mass is 10.5. The number of nitrogens with two attached hydrogens (primary N) is 1. The summed E-state index contributed by atoms with van der Waals surface area (Å²) < 4.78 is 13.0. The van der Waals surface area contributed by atoms with E-state index in [4.69, 9.17) is 5.73 Å². The van der Waals surface area contributed by atoms with Gasteiger partial charge in [-0.3, -0.25) is 8.89 Å². The van der Waals surface area contributed by atoms with Crippen LogP contribution in [0.25, 0.3) is 0 Å². The van der Waals surface area contributed by atoms with Gasteiger partial charge in [-0.15, -0.1) is 5.10 Å². The summed E-state index contributed by atoms with van der Waals surface area (Å²) in [6.45, 7) is 0.589. The normalized spacial score (nSPS) is 13.1. The fourth-order valence-corrected chi connectivity index (χ4v) is 2.04. The van der Waals surface area contributed by atoms with Crippen molar-refractivity contribution in [1.82, 2.24) is 15.0 Å². The van der Waals surface area contributed by atoms with E-state index in [2.05, 4.69) is 10.3 Å². The molecule has 5 nitrogen and oxygen atoms in total. The van der Waals surface area contributed by atoms with Crippen LogP contribution in [0.5, 0.6) is 0 Å². The Balaban J connectivity index is 2.36. The first-order chi connectivity index (χ1) is 6.22. The maximum atomic E-state index is 11.4. The molecule has 0 aliphatic heterocycles. The third kappa shape index (κ3) is 3.65. The van der Waals surface area contributed by atoms with Crippen LogP contribution in [0.3, 0.4) is 0 Å². The first-order valence-corrected chi connectivity index (χ1v) is 5.61. The predicted molar refractivity (Wildman–Crippen MR) is 51.4 cm³/mol. The summed E-state index contributed by atoms with van der Waals surface area (Å²) in [5, 5.41) is 7.61. The van der Waals surface area contributed by atoms with Crippen LogP contribution in [0.15, 0.2) is 6.20 Å². The van der Waals surface area contributed by atoms with Gasteiger partial charge in [0.05, 0.1) is 11.4 Å². The lowest BCUT2D eigenvalue weighted by Gasteiger charge is -1.96. The van der Waals surface area contributed by atoms with Crippen molar-refractivity contribution < 1.29 is 4.21 Å². The van der Waals surface area contributed by atoms with Crippen LogP contribution < -0.4 is 5.73 Å². The summed E-state index contributed by atoms with van der Waals surface area (Å²) in [6, 6.07) is 0. The van der Waals surface area contributed by atoms with Crippen molar-refractivity contribution in [3.05, 3.63) is 11.9 Å². The lowest BCUT2D eigenvalue weighted by Crippen LogP contribution is -2.07. The molecule has 0 aliphatic carbocycles. The van der Waals surface area contributed by atoms with E-state index in [1.807, 2.05) is 0 Å². The Labute approximate surface area is 79.8 Å². The molecule has 1 atom stereocenters. The van der Waals surface area contributed by atoms with Gasteiger partial charge in [-0.1, -0.05) is 5.21 Å². The van der Waals surface area contributed by atoms with Crippen molar-refractivity contribution in [3.8, 4) is 0 Å². The molecular formula is C7H14N4OS. The summed E-state index contributed by atoms with van der Waals surface area (Å²) >= 11 is 0. The fraction of sp³-hybridized carbons (Fsp3) is 0.714. The van der Waals surface area contributed by atoms with Gasteiger partial charge in [-0.2, -0.15) is 0 Å². The Hall–Kier alpha value is -0.750. The smallest absolute Gasteiger partial charge is 0.0951 e. The van der Waals surface area contributed by atoms with Crippen molar-refractivity contribution in [1.29, 1.82) is 0 Å². The molecule has 1 unspecified atom stereocenters. The van der Waals surface area contributed by atoms with E-state index in [1.54, 1.807) is 17.9 Å². The molecule has 13 heavy (non-hydrogen) atoms. The molecule has 1 aromatic heterocycles. The number of aryl methyl sites for hydroxylation is 1. The van der Waals surface area contributed by atoms with Gasteiger partial charge in [0.2, 0.25) is 0 Å². The largest absolute Gasteiger partial charge is 0.330 e. The highest BCUT2D eigenvalue weighted by molar-refractivity contribution is 7.84. The molecule has 1 rings (SSSR count). The van der Waals surface area contributed by atoms with Gasteiger partial charge in [0, 0.05) is 29.8 Å². The second kappa shape index (κ2) is 5.08. The molecule has 0 saturated heterocycles. The molecule has 0 aromatic carbocycles. The zero-order valence-corrected chi connectivity index (χ0v) is 8.46. The minimum absolute atomic E-state index is 0.480. The molecule has 1 aromatic rings. The Morgan fingerprint density at radius 1 is 1.69 bits per heavy atom. The van der Waals surface area contributed by atoms with E-state index in [9.17, 15) is 4.21 Å². The lowest BCUT2D eigenvalue weighted by molar-refractivity contribution is 0.679. The minimum atomic E-state index is -0.853. The topological polar surface area (TPSA) is 73.8 Å². The van der Waals surface area contributed by atoms with Crippen LogP contribution in [0.2, 0.25) is 0 Å². The van der Waals surface area contributed by atoms with E-state index in [1.165, 1.54) is 0 Å². The van der Waals surface area contributed by atoms with Crippen molar-refractivity contribution in [3.63, 3.8) is 0 Å². The summed E-state index contributed by atoms with van der Waals surface area (Å²) in [4.78, 5) is 0. The van der Waals surface area contributed by atoms with E-state index in [0.29, 0.717) is 18.1 Å². The number of aromatic nitrogens is 3. The number of nitrogens with zero attached hydrogens (tertiary/aromatic N) is 3. The third-order valence-corrected chi connectivity index (χ3v) is 2.90. The van der Waals surface area contributed by atoms with E-state index in [-0.39, 0.29) is 0 Å². The molecule has 6 heteroatoms. The minimum Gasteiger partial charge on any atom is -0.330 e. The van der Waals surface area contributed by atoms with Crippen LogP contribution in [0.1, 0.15) is 12.1 Å². The van der Waals surface area contributed by atoms with Gasteiger partial charge in [0.1, 0.15) is 0 Å². The second-order valence-corrected chi connectivity index (χ2v) is 4.39. The highest BCUT2D eigenvalue weighted by Gasteiger charge is 2.04. The highest BCUT2D eigenvalue weighted by atomic mass is 32.2. The number of hydrogen-bond acceptors (Lipinski definition) is 4. The van der Waals surface area contributed by atoms with Crippen molar-refractivity contribution >= 4 is 10.8 Å².